The summed E-state index contributed by atoms with van der Waals surface area (Å²) in [6, 6.07) is 0. The quantitative estimate of drug-likeness (QED) is 0.589. The molecule has 0 aromatic carbocycles. The van der Waals surface area contributed by atoms with Crippen LogP contribution >= 0.6 is 0 Å². The summed E-state index contributed by atoms with van der Waals surface area (Å²) < 4.78 is 24.8. The maximum absolute atomic E-state index is 12.4. The summed E-state index contributed by atoms with van der Waals surface area (Å²) in [4.78, 5) is 3.52. The van der Waals surface area contributed by atoms with Crippen molar-refractivity contribution >= 4 is 5.71 Å². The molecule has 1 rings (SSSR count). The monoisotopic (exact) mass is 146 g/mol. The normalized spacial score (nSPS) is 18.1. The van der Waals surface area contributed by atoms with Gasteiger partial charge in [-0.3, -0.25) is 4.99 Å². The van der Waals surface area contributed by atoms with Gasteiger partial charge < -0.3 is 5.32 Å². The van der Waals surface area contributed by atoms with Crippen LogP contribution in [-0.4, -0.2) is 18.2 Å². The minimum absolute atomic E-state index is 0.116. The highest BCUT2D eigenvalue weighted by molar-refractivity contribution is 5.93. The summed E-state index contributed by atoms with van der Waals surface area (Å²) in [6.07, 6.45) is 2.87. The summed E-state index contributed by atoms with van der Waals surface area (Å²) in [5, 5.41) is 2.65. The molecule has 0 aromatic heterocycles. The highest BCUT2D eigenvalue weighted by atomic mass is 19.3. The Morgan fingerprint density at radius 1 is 1.70 bits per heavy atom. The molecule has 0 radical (unpaired) electrons. The zero-order valence-corrected chi connectivity index (χ0v) is 5.56. The lowest BCUT2D eigenvalue weighted by Gasteiger charge is -2.15. The molecule has 0 atom stereocenters. The van der Waals surface area contributed by atoms with E-state index in [1.807, 2.05) is 0 Å². The number of aliphatic imine (C=N–C) groups is 1. The maximum Gasteiger partial charge on any atom is 0.284 e. The minimum Gasteiger partial charge on any atom is -0.384 e. The Balaban J connectivity index is 2.72. The lowest BCUT2D eigenvalue weighted by atomic mass is 10.2. The summed E-state index contributed by atoms with van der Waals surface area (Å²) in [5.74, 6) is -2.79. The van der Waals surface area contributed by atoms with Gasteiger partial charge in [-0.15, -0.1) is 0 Å². The number of alkyl halides is 2. The predicted molar refractivity (Wildman–Crippen MR) is 35.2 cm³/mol. The Kier molecular flexibility index (Phi) is 1.70. The van der Waals surface area contributed by atoms with Gasteiger partial charge in [-0.25, -0.2) is 8.78 Å². The van der Waals surface area contributed by atoms with Gasteiger partial charge in [-0.1, -0.05) is 0 Å². The van der Waals surface area contributed by atoms with E-state index in [0.717, 1.165) is 6.92 Å². The average Bonchev–Trinajstić information content (AvgIpc) is 1.88. The van der Waals surface area contributed by atoms with Crippen molar-refractivity contribution in [1.29, 1.82) is 0 Å². The van der Waals surface area contributed by atoms with Gasteiger partial charge in [0.05, 0.1) is 6.54 Å². The van der Waals surface area contributed by atoms with Crippen molar-refractivity contribution in [3.8, 4) is 0 Å². The first kappa shape index (κ1) is 7.18. The van der Waals surface area contributed by atoms with E-state index in [2.05, 4.69) is 10.3 Å². The molecule has 0 saturated heterocycles. The first-order valence-corrected chi connectivity index (χ1v) is 2.94. The molecule has 0 aromatic rings. The fourth-order valence-electron chi connectivity index (χ4n) is 0.650. The second-order valence-corrected chi connectivity index (χ2v) is 2.16. The fraction of sp³-hybridized carbons (Fsp3) is 0.500. The van der Waals surface area contributed by atoms with Gasteiger partial charge in [0.2, 0.25) is 0 Å². The maximum atomic E-state index is 12.4. The average molecular weight is 146 g/mol. The van der Waals surface area contributed by atoms with E-state index in [-0.39, 0.29) is 12.3 Å². The fourth-order valence-corrected chi connectivity index (χ4v) is 0.650. The molecule has 0 bridgehead atoms. The molecule has 0 saturated carbocycles. The van der Waals surface area contributed by atoms with Crippen LogP contribution in [0.25, 0.3) is 0 Å². The molecule has 0 amide bonds. The Hall–Kier alpha value is -0.930. The smallest absolute Gasteiger partial charge is 0.284 e. The zero-order valence-electron chi connectivity index (χ0n) is 5.56. The first-order valence-electron chi connectivity index (χ1n) is 2.94. The summed E-state index contributed by atoms with van der Waals surface area (Å²) in [6.45, 7) is 0.979. The highest BCUT2D eigenvalue weighted by Crippen LogP contribution is 2.14. The van der Waals surface area contributed by atoms with Crippen LogP contribution in [0.2, 0.25) is 0 Å². The zero-order chi connectivity index (χ0) is 7.61. The van der Waals surface area contributed by atoms with Crippen LogP contribution in [0.5, 0.6) is 0 Å². The first-order chi connectivity index (χ1) is 4.61. The van der Waals surface area contributed by atoms with Crippen LogP contribution in [0.4, 0.5) is 8.78 Å². The van der Waals surface area contributed by atoms with Crippen molar-refractivity contribution in [3.05, 3.63) is 12.4 Å². The van der Waals surface area contributed by atoms with Gasteiger partial charge in [0.25, 0.3) is 5.92 Å². The summed E-state index contributed by atoms with van der Waals surface area (Å²) >= 11 is 0. The second kappa shape index (κ2) is 2.36. The minimum atomic E-state index is -2.79. The molecule has 0 spiro atoms. The third-order valence-electron chi connectivity index (χ3n) is 1.20. The summed E-state index contributed by atoms with van der Waals surface area (Å²) in [7, 11) is 0. The number of hydrogen-bond donors (Lipinski definition) is 1. The van der Waals surface area contributed by atoms with Gasteiger partial charge in [0.1, 0.15) is 5.71 Å². The molecule has 0 unspecified atom stereocenters. The van der Waals surface area contributed by atoms with E-state index >= 15 is 0 Å². The van der Waals surface area contributed by atoms with Gasteiger partial charge >= 0.3 is 0 Å². The molecule has 0 aliphatic carbocycles. The Bertz CT molecular complexity index is 179. The van der Waals surface area contributed by atoms with E-state index in [1.54, 1.807) is 0 Å². The van der Waals surface area contributed by atoms with Gasteiger partial charge in [-0.2, -0.15) is 0 Å². The number of nitrogens with zero attached hydrogens (tertiary/aromatic N) is 1. The Morgan fingerprint density at radius 3 is 2.70 bits per heavy atom. The second-order valence-electron chi connectivity index (χ2n) is 2.16. The lowest BCUT2D eigenvalue weighted by molar-refractivity contribution is 0.0985. The van der Waals surface area contributed by atoms with Crippen LogP contribution in [0.1, 0.15) is 6.92 Å². The van der Waals surface area contributed by atoms with E-state index < -0.39 is 5.92 Å². The molecule has 1 aliphatic heterocycles. The van der Waals surface area contributed by atoms with Crippen molar-refractivity contribution in [2.45, 2.75) is 12.8 Å². The standard InChI is InChI=1S/C6H8F2N2/c1-6(7,8)5-4-9-2-3-10-5/h2-3,9H,4H2,1H3. The van der Waals surface area contributed by atoms with Gasteiger partial charge in [-0.05, 0) is 0 Å². The molecule has 1 N–H and O–H groups in total. The molecule has 10 heavy (non-hydrogen) atoms. The predicted octanol–water partition coefficient (Wildman–Crippen LogP) is 1.16. The Morgan fingerprint density at radius 2 is 2.40 bits per heavy atom. The van der Waals surface area contributed by atoms with E-state index in [4.69, 9.17) is 0 Å². The van der Waals surface area contributed by atoms with Crippen molar-refractivity contribution < 1.29 is 8.78 Å². The van der Waals surface area contributed by atoms with Crippen molar-refractivity contribution in [3.63, 3.8) is 0 Å². The topological polar surface area (TPSA) is 24.4 Å². The lowest BCUT2D eigenvalue weighted by Crippen LogP contribution is -2.34. The van der Waals surface area contributed by atoms with Crippen molar-refractivity contribution in [2.24, 2.45) is 4.99 Å². The molecule has 2 nitrogen and oxygen atoms in total. The van der Waals surface area contributed by atoms with Crippen LogP contribution < -0.4 is 5.32 Å². The molecule has 56 valence electrons. The van der Waals surface area contributed by atoms with E-state index in [0.29, 0.717) is 0 Å². The third kappa shape index (κ3) is 1.52. The number of hydrogen-bond acceptors (Lipinski definition) is 2. The molecule has 1 aliphatic rings. The largest absolute Gasteiger partial charge is 0.384 e. The van der Waals surface area contributed by atoms with Crippen molar-refractivity contribution in [2.75, 3.05) is 6.54 Å². The van der Waals surface area contributed by atoms with Gasteiger partial charge in [0.15, 0.2) is 0 Å². The van der Waals surface area contributed by atoms with Crippen LogP contribution in [0.3, 0.4) is 0 Å². The molecular formula is C6H8F2N2. The van der Waals surface area contributed by atoms with Gasteiger partial charge in [0, 0.05) is 19.3 Å². The molecule has 4 heteroatoms. The Labute approximate surface area is 57.6 Å². The highest BCUT2D eigenvalue weighted by Gasteiger charge is 2.28. The molecule has 0 fully saturated rings. The van der Waals surface area contributed by atoms with E-state index in [1.165, 1.54) is 12.4 Å². The SMILES string of the molecule is CC(F)(F)C1=NC=CNC1. The molecule has 1 heterocycles. The summed E-state index contributed by atoms with van der Waals surface area (Å²) in [5.41, 5.74) is -0.116. The van der Waals surface area contributed by atoms with E-state index in [9.17, 15) is 8.78 Å². The number of rotatable bonds is 1. The third-order valence-corrected chi connectivity index (χ3v) is 1.20. The number of halogens is 2. The number of nitrogens with one attached hydrogen (secondary N) is 1. The van der Waals surface area contributed by atoms with Crippen LogP contribution in [0, 0.1) is 0 Å². The van der Waals surface area contributed by atoms with Crippen LogP contribution in [-0.2, 0) is 0 Å². The molecular weight excluding hydrogens is 138 g/mol. The van der Waals surface area contributed by atoms with Crippen molar-refractivity contribution in [1.82, 2.24) is 5.32 Å². The van der Waals surface area contributed by atoms with Crippen LogP contribution in [0.15, 0.2) is 17.4 Å².